The summed E-state index contributed by atoms with van der Waals surface area (Å²) in [5.74, 6) is -0.309. The Morgan fingerprint density at radius 1 is 0.426 bits per heavy atom. The third kappa shape index (κ3) is 37.1. The first-order valence-corrected chi connectivity index (χ1v) is 20.3. The Morgan fingerprint density at radius 2 is 0.702 bits per heavy atom. The van der Waals surface area contributed by atoms with Crippen molar-refractivity contribution in [3.63, 3.8) is 0 Å². The number of esters is 2. The lowest BCUT2D eigenvalue weighted by Gasteiger charge is -2.17. The molecule has 0 saturated heterocycles. The van der Waals surface area contributed by atoms with E-state index in [-0.39, 0.29) is 24.1 Å². The van der Waals surface area contributed by atoms with Gasteiger partial charge in [0, 0.05) is 12.8 Å². The first-order chi connectivity index (χ1) is 23.0. The van der Waals surface area contributed by atoms with Gasteiger partial charge in [-0.15, -0.1) is 0 Å². The molecule has 0 aliphatic rings. The lowest BCUT2D eigenvalue weighted by molar-refractivity contribution is -0.154. The van der Waals surface area contributed by atoms with E-state index >= 15 is 0 Å². The minimum Gasteiger partial charge on any atom is -0.460 e. The van der Waals surface area contributed by atoms with Crippen LogP contribution in [0.5, 0.6) is 0 Å². The van der Waals surface area contributed by atoms with Crippen LogP contribution in [0.2, 0.25) is 0 Å². The molecular weight excluding hydrogens is 584 g/mol. The minimum atomic E-state index is -0.302. The average molecular weight is 663 g/mol. The van der Waals surface area contributed by atoms with Crippen LogP contribution in [0.25, 0.3) is 0 Å². The molecule has 5 nitrogen and oxygen atoms in total. The lowest BCUT2D eigenvalue weighted by Crippen LogP contribution is -2.25. The molecule has 2 atom stereocenters. The fourth-order valence-corrected chi connectivity index (χ4v) is 5.71. The zero-order chi connectivity index (χ0) is 34.5. The monoisotopic (exact) mass is 663 g/mol. The molecule has 0 heterocycles. The molecule has 0 bridgehead atoms. The minimum absolute atomic E-state index is 0.154. The van der Waals surface area contributed by atoms with Gasteiger partial charge in [-0.25, -0.2) is 0 Å². The van der Waals surface area contributed by atoms with Crippen LogP contribution in [0.3, 0.4) is 0 Å². The van der Waals surface area contributed by atoms with Gasteiger partial charge in [-0.05, 0) is 78.1 Å². The van der Waals surface area contributed by atoms with Crippen molar-refractivity contribution >= 4 is 11.9 Å². The molecule has 2 unspecified atom stereocenters. The summed E-state index contributed by atoms with van der Waals surface area (Å²) in [4.78, 5) is 24.3. The normalized spacial score (nSPS) is 13.0. The highest BCUT2D eigenvalue weighted by molar-refractivity contribution is 5.69. The zero-order valence-corrected chi connectivity index (χ0v) is 31.7. The number of ether oxygens (including phenoxy) is 3. The fraction of sp³-hybridized carbons (Fsp3) is 0.857. The summed E-state index contributed by atoms with van der Waals surface area (Å²) < 4.78 is 16.6. The van der Waals surface area contributed by atoms with Crippen molar-refractivity contribution in [2.24, 2.45) is 0 Å². The molecule has 5 heteroatoms. The van der Waals surface area contributed by atoms with Gasteiger partial charge in [0.2, 0.25) is 0 Å². The van der Waals surface area contributed by atoms with Gasteiger partial charge in [0.05, 0.1) is 13.2 Å². The van der Waals surface area contributed by atoms with Crippen molar-refractivity contribution in [2.75, 3.05) is 13.2 Å². The number of carbonyl (C=O) groups excluding carboxylic acids is 2. The Hall–Kier alpha value is -1.62. The molecule has 276 valence electrons. The van der Waals surface area contributed by atoms with Gasteiger partial charge in [-0.3, -0.25) is 9.59 Å². The zero-order valence-electron chi connectivity index (χ0n) is 31.7. The van der Waals surface area contributed by atoms with Crippen LogP contribution in [0.15, 0.2) is 24.3 Å². The van der Waals surface area contributed by atoms with Crippen molar-refractivity contribution in [1.29, 1.82) is 0 Å². The smallest absolute Gasteiger partial charge is 0.306 e. The van der Waals surface area contributed by atoms with Crippen molar-refractivity contribution in [1.82, 2.24) is 0 Å². The van der Waals surface area contributed by atoms with Crippen molar-refractivity contribution in [3.8, 4) is 0 Å². The van der Waals surface area contributed by atoms with Crippen LogP contribution in [-0.2, 0) is 23.8 Å². The quantitative estimate of drug-likeness (QED) is 0.0379. The highest BCUT2D eigenvalue weighted by Crippen LogP contribution is 2.13. The molecule has 0 rings (SSSR count). The highest BCUT2D eigenvalue weighted by atomic mass is 16.6. The summed E-state index contributed by atoms with van der Waals surface area (Å²) in [6.07, 6.45) is 42.0. The summed E-state index contributed by atoms with van der Waals surface area (Å²) in [6.45, 7) is 8.85. The van der Waals surface area contributed by atoms with Gasteiger partial charge in [-0.2, -0.15) is 0 Å². The Balaban J connectivity index is 3.54. The van der Waals surface area contributed by atoms with Gasteiger partial charge >= 0.3 is 11.9 Å². The van der Waals surface area contributed by atoms with E-state index in [0.717, 1.165) is 25.7 Å². The number of hydrogen-bond acceptors (Lipinski definition) is 5. The van der Waals surface area contributed by atoms with Gasteiger partial charge < -0.3 is 14.2 Å². The van der Waals surface area contributed by atoms with Gasteiger partial charge in [0.1, 0.15) is 12.2 Å². The summed E-state index contributed by atoms with van der Waals surface area (Å²) in [6, 6.07) is 0. The number of rotatable bonds is 36. The third-order valence-electron chi connectivity index (χ3n) is 8.66. The van der Waals surface area contributed by atoms with Crippen molar-refractivity contribution in [2.45, 2.75) is 220 Å². The summed E-state index contributed by atoms with van der Waals surface area (Å²) in [7, 11) is 0. The second-order valence-electron chi connectivity index (χ2n) is 13.8. The van der Waals surface area contributed by atoms with Gasteiger partial charge in [0.25, 0.3) is 0 Å². The van der Waals surface area contributed by atoms with E-state index in [9.17, 15) is 9.59 Å². The van der Waals surface area contributed by atoms with Crippen LogP contribution < -0.4 is 0 Å². The molecule has 0 aliphatic carbocycles. The standard InChI is InChI=1S/C42H78O5/c1-5-7-9-11-13-15-17-19-21-23-25-27-29-31-33-35-41(43)46-39(3)37-45-38-40(4)47-42(44)36-34-32-30-28-26-24-22-20-18-16-14-12-10-8-6-2/h19-22,39-40H,5-18,23-38H2,1-4H3/b21-19-,22-20-. The Kier molecular flexibility index (Phi) is 35.9. The Labute approximate surface area is 292 Å². The van der Waals surface area contributed by atoms with Crippen LogP contribution >= 0.6 is 0 Å². The predicted octanol–water partition coefficient (Wildman–Crippen LogP) is 12.9. The number of carbonyl (C=O) groups is 2. The van der Waals surface area contributed by atoms with Crippen LogP contribution in [-0.4, -0.2) is 37.4 Å². The largest absolute Gasteiger partial charge is 0.460 e. The van der Waals surface area contributed by atoms with E-state index in [0.29, 0.717) is 26.1 Å². The molecule has 0 aromatic rings. The second kappa shape index (κ2) is 37.2. The van der Waals surface area contributed by atoms with Gasteiger partial charge in [-0.1, -0.05) is 141 Å². The molecule has 0 aromatic carbocycles. The maximum Gasteiger partial charge on any atom is 0.306 e. The molecule has 0 saturated carbocycles. The van der Waals surface area contributed by atoms with E-state index in [1.165, 1.54) is 141 Å². The van der Waals surface area contributed by atoms with E-state index < -0.39 is 0 Å². The summed E-state index contributed by atoms with van der Waals surface area (Å²) >= 11 is 0. The summed E-state index contributed by atoms with van der Waals surface area (Å²) in [5.41, 5.74) is 0. The van der Waals surface area contributed by atoms with Crippen LogP contribution in [0.4, 0.5) is 0 Å². The van der Waals surface area contributed by atoms with Crippen molar-refractivity contribution < 1.29 is 23.8 Å². The number of unbranched alkanes of at least 4 members (excludes halogenated alkanes) is 22. The summed E-state index contributed by atoms with van der Waals surface area (Å²) in [5, 5.41) is 0. The second-order valence-corrected chi connectivity index (χ2v) is 13.8. The average Bonchev–Trinajstić information content (AvgIpc) is 3.04. The van der Waals surface area contributed by atoms with Crippen molar-refractivity contribution in [3.05, 3.63) is 24.3 Å². The molecule has 0 aliphatic heterocycles. The molecule has 0 aromatic heterocycles. The molecule has 0 spiro atoms. The predicted molar refractivity (Wildman–Crippen MR) is 201 cm³/mol. The topological polar surface area (TPSA) is 61.8 Å². The fourth-order valence-electron chi connectivity index (χ4n) is 5.71. The van der Waals surface area contributed by atoms with Gasteiger partial charge in [0.15, 0.2) is 0 Å². The third-order valence-corrected chi connectivity index (χ3v) is 8.66. The van der Waals surface area contributed by atoms with Crippen LogP contribution in [0.1, 0.15) is 207 Å². The van der Waals surface area contributed by atoms with E-state index in [2.05, 4.69) is 38.2 Å². The maximum absolute atomic E-state index is 12.2. The SMILES string of the molecule is CCCCCCCC/C=C\CCCCCCCC(=O)OC(C)COCC(C)OC(=O)CCCCCCC/C=C\CCCCCCCC. The molecule has 0 N–H and O–H groups in total. The number of hydrogen-bond donors (Lipinski definition) is 0. The lowest BCUT2D eigenvalue weighted by atomic mass is 10.1. The Bertz CT molecular complexity index is 671. The maximum atomic E-state index is 12.2. The molecule has 0 fully saturated rings. The van der Waals surface area contributed by atoms with E-state index in [1.807, 2.05) is 13.8 Å². The molecule has 0 amide bonds. The molecule has 0 radical (unpaired) electrons. The molecule has 47 heavy (non-hydrogen) atoms. The first kappa shape index (κ1) is 45.4. The Morgan fingerprint density at radius 3 is 1.02 bits per heavy atom. The van der Waals surface area contributed by atoms with Crippen LogP contribution in [0, 0.1) is 0 Å². The van der Waals surface area contributed by atoms with E-state index in [4.69, 9.17) is 14.2 Å². The first-order valence-electron chi connectivity index (χ1n) is 20.3. The number of allylic oxidation sites excluding steroid dienone is 4. The highest BCUT2D eigenvalue weighted by Gasteiger charge is 2.13. The molecular formula is C42H78O5. The van der Waals surface area contributed by atoms with E-state index in [1.54, 1.807) is 0 Å².